The summed E-state index contributed by atoms with van der Waals surface area (Å²) in [6.07, 6.45) is 8.27. The van der Waals surface area contributed by atoms with Gasteiger partial charge in [0.2, 0.25) is 0 Å². The van der Waals surface area contributed by atoms with Crippen molar-refractivity contribution >= 4 is 0 Å². The zero-order valence-corrected chi connectivity index (χ0v) is 13.3. The lowest BCUT2D eigenvalue weighted by molar-refractivity contribution is 0.112. The third-order valence-electron chi connectivity index (χ3n) is 5.03. The van der Waals surface area contributed by atoms with E-state index in [1.165, 1.54) is 45.1 Å². The molecule has 1 saturated carbocycles. The lowest BCUT2D eigenvalue weighted by Gasteiger charge is -2.39. The molecule has 2 atom stereocenters. The van der Waals surface area contributed by atoms with Crippen LogP contribution in [-0.4, -0.2) is 36.6 Å². The Labute approximate surface area is 115 Å². The number of rotatable bonds is 6. The van der Waals surface area contributed by atoms with Crippen molar-refractivity contribution in [3.05, 3.63) is 0 Å². The van der Waals surface area contributed by atoms with Gasteiger partial charge in [-0.05, 0) is 52.6 Å². The summed E-state index contributed by atoms with van der Waals surface area (Å²) in [5.74, 6) is 0.836. The quantitative estimate of drug-likeness (QED) is 0.728. The summed E-state index contributed by atoms with van der Waals surface area (Å²) in [5.41, 5.74) is 0.336. The monoisotopic (exact) mass is 254 g/mol. The highest BCUT2D eigenvalue weighted by atomic mass is 15.2. The van der Waals surface area contributed by atoms with Crippen molar-refractivity contribution in [1.29, 1.82) is 0 Å². The molecule has 0 amide bonds. The van der Waals surface area contributed by atoms with Crippen molar-refractivity contribution in [2.24, 2.45) is 5.92 Å². The molecule has 0 bridgehead atoms. The Morgan fingerprint density at radius 1 is 1.11 bits per heavy atom. The van der Waals surface area contributed by atoms with E-state index in [4.69, 9.17) is 0 Å². The van der Waals surface area contributed by atoms with Crippen LogP contribution >= 0.6 is 0 Å². The molecule has 2 heteroatoms. The van der Waals surface area contributed by atoms with Gasteiger partial charge in [0, 0.05) is 18.1 Å². The first kappa shape index (κ1) is 16.0. The minimum Gasteiger partial charge on any atom is -0.314 e. The largest absolute Gasteiger partial charge is 0.314 e. The second-order valence-electron chi connectivity index (χ2n) is 6.61. The van der Waals surface area contributed by atoms with Crippen LogP contribution in [0.1, 0.15) is 66.2 Å². The minimum atomic E-state index is 0.336. The molecule has 2 nitrogen and oxygen atoms in total. The molecule has 0 aromatic rings. The second-order valence-corrected chi connectivity index (χ2v) is 6.61. The van der Waals surface area contributed by atoms with Crippen LogP contribution in [0.3, 0.4) is 0 Å². The molecule has 0 saturated heterocycles. The molecule has 0 heterocycles. The van der Waals surface area contributed by atoms with Crippen molar-refractivity contribution in [2.45, 2.75) is 77.8 Å². The fourth-order valence-electron chi connectivity index (χ4n) is 3.00. The smallest absolute Gasteiger partial charge is 0.0147 e. The van der Waals surface area contributed by atoms with E-state index in [1.54, 1.807) is 0 Å². The third kappa shape index (κ3) is 4.55. The summed E-state index contributed by atoms with van der Waals surface area (Å²) in [5, 5.41) is 3.72. The topological polar surface area (TPSA) is 15.3 Å². The summed E-state index contributed by atoms with van der Waals surface area (Å²) in [7, 11) is 2.30. The molecule has 1 aliphatic rings. The van der Waals surface area contributed by atoms with Gasteiger partial charge < -0.3 is 10.2 Å². The highest BCUT2D eigenvalue weighted by Gasteiger charge is 2.28. The number of hydrogen-bond acceptors (Lipinski definition) is 2. The van der Waals surface area contributed by atoms with Crippen molar-refractivity contribution < 1.29 is 0 Å². The molecule has 1 fully saturated rings. The zero-order valence-electron chi connectivity index (χ0n) is 13.3. The van der Waals surface area contributed by atoms with E-state index in [-0.39, 0.29) is 0 Å². The predicted octanol–water partition coefficient (Wildman–Crippen LogP) is 3.67. The summed E-state index contributed by atoms with van der Waals surface area (Å²) < 4.78 is 0. The summed E-state index contributed by atoms with van der Waals surface area (Å²) in [6, 6.07) is 0.743. The highest BCUT2D eigenvalue weighted by Crippen LogP contribution is 2.27. The average molecular weight is 254 g/mol. The van der Waals surface area contributed by atoms with E-state index < -0.39 is 0 Å². The molecule has 0 radical (unpaired) electrons. The van der Waals surface area contributed by atoms with Gasteiger partial charge in [-0.1, -0.05) is 33.1 Å². The summed E-state index contributed by atoms with van der Waals surface area (Å²) in [4.78, 5) is 2.58. The molecule has 2 unspecified atom stereocenters. The van der Waals surface area contributed by atoms with E-state index in [0.717, 1.165) is 18.5 Å². The fraction of sp³-hybridized carbons (Fsp3) is 1.00. The molecule has 1 aliphatic carbocycles. The van der Waals surface area contributed by atoms with Gasteiger partial charge in [0.25, 0.3) is 0 Å². The molecule has 108 valence electrons. The Morgan fingerprint density at radius 2 is 1.78 bits per heavy atom. The van der Waals surface area contributed by atoms with E-state index in [1.807, 2.05) is 0 Å². The highest BCUT2D eigenvalue weighted by molar-refractivity contribution is 4.85. The first-order chi connectivity index (χ1) is 8.51. The molecule has 1 N–H and O–H groups in total. The van der Waals surface area contributed by atoms with Gasteiger partial charge >= 0.3 is 0 Å². The van der Waals surface area contributed by atoms with Crippen LogP contribution in [-0.2, 0) is 0 Å². The lowest BCUT2D eigenvalue weighted by atomic mass is 9.91. The van der Waals surface area contributed by atoms with E-state index in [2.05, 4.69) is 45.0 Å². The standard InChI is InChI=1S/C16H34N2/c1-6-16(3,4)18(5)13-14-11-9-8-10-12-15(14)17-7-2/h14-15,17H,6-13H2,1-5H3. The minimum absolute atomic E-state index is 0.336. The maximum absolute atomic E-state index is 3.72. The lowest BCUT2D eigenvalue weighted by Crippen LogP contribution is -2.47. The van der Waals surface area contributed by atoms with Crippen LogP contribution in [0.2, 0.25) is 0 Å². The molecule has 0 aromatic carbocycles. The number of nitrogens with zero attached hydrogens (tertiary/aromatic N) is 1. The molecular weight excluding hydrogens is 220 g/mol. The zero-order chi connectivity index (χ0) is 13.6. The Balaban J connectivity index is 2.59. The molecule has 0 aromatic heterocycles. The van der Waals surface area contributed by atoms with Gasteiger partial charge in [-0.2, -0.15) is 0 Å². The van der Waals surface area contributed by atoms with Crippen molar-refractivity contribution in [1.82, 2.24) is 10.2 Å². The molecule has 0 aliphatic heterocycles. The maximum atomic E-state index is 3.72. The van der Waals surface area contributed by atoms with Crippen LogP contribution in [0, 0.1) is 5.92 Å². The van der Waals surface area contributed by atoms with E-state index in [9.17, 15) is 0 Å². The Bertz CT molecular complexity index is 225. The Hall–Kier alpha value is -0.0800. The second kappa shape index (κ2) is 7.49. The van der Waals surface area contributed by atoms with Gasteiger partial charge in [-0.3, -0.25) is 0 Å². The molecular formula is C16H34N2. The molecule has 1 rings (SSSR count). The average Bonchev–Trinajstić information content (AvgIpc) is 2.56. The van der Waals surface area contributed by atoms with Crippen molar-refractivity contribution in [3.63, 3.8) is 0 Å². The molecule has 18 heavy (non-hydrogen) atoms. The van der Waals surface area contributed by atoms with Crippen LogP contribution < -0.4 is 5.32 Å². The van der Waals surface area contributed by atoms with Gasteiger partial charge in [0.1, 0.15) is 0 Å². The van der Waals surface area contributed by atoms with Crippen molar-refractivity contribution in [3.8, 4) is 0 Å². The van der Waals surface area contributed by atoms with Gasteiger partial charge in [0.15, 0.2) is 0 Å². The third-order valence-corrected chi connectivity index (χ3v) is 5.03. The first-order valence-corrected chi connectivity index (χ1v) is 7.96. The van der Waals surface area contributed by atoms with E-state index >= 15 is 0 Å². The van der Waals surface area contributed by atoms with E-state index in [0.29, 0.717) is 5.54 Å². The Morgan fingerprint density at radius 3 is 2.39 bits per heavy atom. The summed E-state index contributed by atoms with van der Waals surface area (Å²) >= 11 is 0. The van der Waals surface area contributed by atoms with Crippen LogP contribution in [0.5, 0.6) is 0 Å². The molecule has 0 spiro atoms. The van der Waals surface area contributed by atoms with Crippen LogP contribution in [0.4, 0.5) is 0 Å². The summed E-state index contributed by atoms with van der Waals surface area (Å²) in [6.45, 7) is 11.6. The van der Waals surface area contributed by atoms with Crippen LogP contribution in [0.15, 0.2) is 0 Å². The fourth-order valence-corrected chi connectivity index (χ4v) is 3.00. The first-order valence-electron chi connectivity index (χ1n) is 7.96. The SMILES string of the molecule is CCNC1CCCCCC1CN(C)C(C)(C)CC. The van der Waals surface area contributed by atoms with Gasteiger partial charge in [0.05, 0.1) is 0 Å². The maximum Gasteiger partial charge on any atom is 0.0147 e. The number of nitrogens with one attached hydrogen (secondary N) is 1. The normalized spacial score (nSPS) is 26.3. The predicted molar refractivity (Wildman–Crippen MR) is 81.0 cm³/mol. The van der Waals surface area contributed by atoms with Crippen LogP contribution in [0.25, 0.3) is 0 Å². The number of hydrogen-bond donors (Lipinski definition) is 1. The van der Waals surface area contributed by atoms with Gasteiger partial charge in [-0.15, -0.1) is 0 Å². The Kier molecular flexibility index (Phi) is 6.65. The van der Waals surface area contributed by atoms with Gasteiger partial charge in [-0.25, -0.2) is 0 Å². The van der Waals surface area contributed by atoms with Crippen molar-refractivity contribution in [2.75, 3.05) is 20.1 Å².